The molecule has 1 amide bonds. The third-order valence-corrected chi connectivity index (χ3v) is 3.34. The van der Waals surface area contributed by atoms with Gasteiger partial charge in [-0.15, -0.1) is 0 Å². The monoisotopic (exact) mass is 306 g/mol. The maximum absolute atomic E-state index is 13.2. The summed E-state index contributed by atoms with van der Waals surface area (Å²) in [4.78, 5) is 13.6. The first-order valence-electron chi connectivity index (χ1n) is 5.82. The lowest BCUT2D eigenvalue weighted by Crippen LogP contribution is -2.43. The fourth-order valence-electron chi connectivity index (χ4n) is 1.76. The van der Waals surface area contributed by atoms with Gasteiger partial charge in [0, 0.05) is 18.8 Å². The van der Waals surface area contributed by atoms with Crippen LogP contribution in [0, 0.1) is 5.82 Å². The summed E-state index contributed by atoms with van der Waals surface area (Å²) in [6.07, 6.45) is 0. The number of morpholine rings is 1. The second-order valence-corrected chi connectivity index (χ2v) is 4.91. The topological polar surface area (TPSA) is 41.6 Å². The van der Waals surface area contributed by atoms with Crippen LogP contribution >= 0.6 is 23.2 Å². The van der Waals surface area contributed by atoms with Crippen molar-refractivity contribution < 1.29 is 13.9 Å². The number of nitrogens with one attached hydrogen (secondary N) is 1. The molecule has 1 N–H and O–H groups in total. The Kier molecular flexibility index (Phi) is 4.85. The highest BCUT2D eigenvalue weighted by Crippen LogP contribution is 2.27. The first-order chi connectivity index (χ1) is 9.08. The Labute approximate surface area is 120 Å². The molecule has 19 heavy (non-hydrogen) atoms. The molecule has 1 fully saturated rings. The number of hydrogen-bond donors (Lipinski definition) is 1. The molecular weight excluding hydrogens is 294 g/mol. The average molecular weight is 307 g/mol. The lowest BCUT2D eigenvalue weighted by atomic mass is 10.3. The largest absolute Gasteiger partial charge is 0.378 e. The zero-order valence-corrected chi connectivity index (χ0v) is 11.6. The van der Waals surface area contributed by atoms with E-state index < -0.39 is 5.82 Å². The van der Waals surface area contributed by atoms with Crippen LogP contribution < -0.4 is 5.32 Å². The summed E-state index contributed by atoms with van der Waals surface area (Å²) < 4.78 is 18.4. The summed E-state index contributed by atoms with van der Waals surface area (Å²) in [5.41, 5.74) is 0.512. The van der Waals surface area contributed by atoms with E-state index in [2.05, 4.69) is 5.32 Å². The highest BCUT2D eigenvalue weighted by Gasteiger charge is 2.16. The summed E-state index contributed by atoms with van der Waals surface area (Å²) >= 11 is 11.3. The van der Waals surface area contributed by atoms with E-state index in [-0.39, 0.29) is 22.5 Å². The molecule has 0 spiro atoms. The molecule has 0 saturated carbocycles. The highest BCUT2D eigenvalue weighted by atomic mass is 35.5. The van der Waals surface area contributed by atoms with Crippen LogP contribution in [0.15, 0.2) is 12.1 Å². The Morgan fingerprint density at radius 2 is 1.89 bits per heavy atom. The molecule has 1 heterocycles. The van der Waals surface area contributed by atoms with Crippen LogP contribution in [0.2, 0.25) is 10.0 Å². The Bertz CT molecular complexity index is 456. The zero-order chi connectivity index (χ0) is 13.8. The standard InChI is InChI=1S/C12H13Cl2FN2O2/c13-9-5-8(6-10(14)12(9)15)16-7-11(18)17-1-3-19-4-2-17/h5-6,16H,1-4,7H2. The SMILES string of the molecule is O=C(CNc1cc(Cl)c(F)c(Cl)c1)N1CCOCC1. The van der Waals surface area contributed by atoms with Crippen molar-refractivity contribution >= 4 is 34.8 Å². The molecule has 7 heteroatoms. The fourth-order valence-corrected chi connectivity index (χ4v) is 2.25. The van der Waals surface area contributed by atoms with Gasteiger partial charge in [0.15, 0.2) is 5.82 Å². The van der Waals surface area contributed by atoms with Gasteiger partial charge in [0.1, 0.15) is 0 Å². The van der Waals surface area contributed by atoms with Crippen molar-refractivity contribution in [2.75, 3.05) is 38.2 Å². The molecule has 1 aromatic rings. The number of rotatable bonds is 3. The predicted octanol–water partition coefficient (Wildman–Crippen LogP) is 2.40. The molecule has 0 bridgehead atoms. The van der Waals surface area contributed by atoms with E-state index in [9.17, 15) is 9.18 Å². The van der Waals surface area contributed by atoms with Gasteiger partial charge in [0.05, 0.1) is 29.8 Å². The molecule has 0 atom stereocenters. The van der Waals surface area contributed by atoms with Crippen LogP contribution in [0.4, 0.5) is 10.1 Å². The molecule has 104 valence electrons. The minimum absolute atomic E-state index is 0.0418. The molecule has 0 aliphatic carbocycles. The van der Waals surface area contributed by atoms with Gasteiger partial charge in [-0.2, -0.15) is 0 Å². The molecule has 1 aromatic carbocycles. The van der Waals surface area contributed by atoms with E-state index in [1.54, 1.807) is 4.90 Å². The van der Waals surface area contributed by atoms with Crippen molar-refractivity contribution in [2.45, 2.75) is 0 Å². The summed E-state index contributed by atoms with van der Waals surface area (Å²) in [7, 11) is 0. The Balaban J connectivity index is 1.93. The molecule has 2 rings (SSSR count). The van der Waals surface area contributed by atoms with E-state index in [0.717, 1.165) is 0 Å². The van der Waals surface area contributed by atoms with Crippen molar-refractivity contribution in [1.82, 2.24) is 4.90 Å². The molecule has 0 radical (unpaired) electrons. The summed E-state index contributed by atoms with van der Waals surface area (Å²) in [6.45, 7) is 2.40. The van der Waals surface area contributed by atoms with Gasteiger partial charge in [-0.05, 0) is 12.1 Å². The minimum atomic E-state index is -0.659. The quantitative estimate of drug-likeness (QED) is 0.872. The van der Waals surface area contributed by atoms with E-state index in [4.69, 9.17) is 27.9 Å². The summed E-state index contributed by atoms with van der Waals surface area (Å²) in [5, 5.41) is 2.73. The van der Waals surface area contributed by atoms with Crippen LogP contribution in [-0.4, -0.2) is 43.7 Å². The number of halogens is 3. The number of carbonyl (C=O) groups is 1. The van der Waals surface area contributed by atoms with Gasteiger partial charge in [0.2, 0.25) is 5.91 Å². The van der Waals surface area contributed by atoms with E-state index in [0.29, 0.717) is 32.0 Å². The predicted molar refractivity (Wildman–Crippen MR) is 72.3 cm³/mol. The normalized spacial score (nSPS) is 15.4. The maximum Gasteiger partial charge on any atom is 0.242 e. The second-order valence-electron chi connectivity index (χ2n) is 4.10. The van der Waals surface area contributed by atoms with Gasteiger partial charge in [-0.25, -0.2) is 4.39 Å². The lowest BCUT2D eigenvalue weighted by molar-refractivity contribution is -0.133. The number of anilines is 1. The number of carbonyl (C=O) groups excluding carboxylic acids is 1. The van der Waals surface area contributed by atoms with Crippen molar-refractivity contribution in [3.8, 4) is 0 Å². The van der Waals surface area contributed by atoms with Crippen LogP contribution in [0.5, 0.6) is 0 Å². The summed E-state index contributed by atoms with van der Waals surface area (Å²) in [6, 6.07) is 2.80. The second kappa shape index (κ2) is 6.41. The molecule has 4 nitrogen and oxygen atoms in total. The fraction of sp³-hybridized carbons (Fsp3) is 0.417. The number of nitrogens with zero attached hydrogens (tertiary/aromatic N) is 1. The molecule has 1 saturated heterocycles. The van der Waals surface area contributed by atoms with Crippen LogP contribution in [-0.2, 0) is 9.53 Å². The number of ether oxygens (including phenoxy) is 1. The van der Waals surface area contributed by atoms with Gasteiger partial charge < -0.3 is 15.0 Å². The summed E-state index contributed by atoms with van der Waals surface area (Å²) in [5.74, 6) is -0.701. The molecule has 1 aliphatic rings. The van der Waals surface area contributed by atoms with Gasteiger partial charge >= 0.3 is 0 Å². The van der Waals surface area contributed by atoms with Crippen LogP contribution in [0.3, 0.4) is 0 Å². The molecular formula is C12H13Cl2FN2O2. The smallest absolute Gasteiger partial charge is 0.242 e. The van der Waals surface area contributed by atoms with Crippen LogP contribution in [0.1, 0.15) is 0 Å². The zero-order valence-electron chi connectivity index (χ0n) is 10.1. The molecule has 0 unspecified atom stereocenters. The lowest BCUT2D eigenvalue weighted by Gasteiger charge is -2.27. The van der Waals surface area contributed by atoms with Crippen molar-refractivity contribution in [2.24, 2.45) is 0 Å². The number of hydrogen-bond acceptors (Lipinski definition) is 3. The number of benzene rings is 1. The Morgan fingerprint density at radius 1 is 1.32 bits per heavy atom. The number of amides is 1. The third kappa shape index (κ3) is 3.72. The van der Waals surface area contributed by atoms with Crippen molar-refractivity contribution in [3.05, 3.63) is 28.0 Å². The van der Waals surface area contributed by atoms with Gasteiger partial charge in [-0.3, -0.25) is 4.79 Å². The van der Waals surface area contributed by atoms with E-state index in [1.807, 2.05) is 0 Å². The van der Waals surface area contributed by atoms with Crippen molar-refractivity contribution in [3.63, 3.8) is 0 Å². The first-order valence-corrected chi connectivity index (χ1v) is 6.57. The van der Waals surface area contributed by atoms with Gasteiger partial charge in [-0.1, -0.05) is 23.2 Å². The molecule has 1 aliphatic heterocycles. The van der Waals surface area contributed by atoms with E-state index in [1.165, 1.54) is 12.1 Å². The highest BCUT2D eigenvalue weighted by molar-refractivity contribution is 6.35. The maximum atomic E-state index is 13.2. The third-order valence-electron chi connectivity index (χ3n) is 2.79. The van der Waals surface area contributed by atoms with E-state index >= 15 is 0 Å². The molecule has 0 aromatic heterocycles. The van der Waals surface area contributed by atoms with Crippen molar-refractivity contribution in [1.29, 1.82) is 0 Å². The Hall–Kier alpha value is -1.04. The minimum Gasteiger partial charge on any atom is -0.378 e. The first kappa shape index (κ1) is 14.4. The Morgan fingerprint density at radius 3 is 2.47 bits per heavy atom. The average Bonchev–Trinajstić information content (AvgIpc) is 2.43. The van der Waals surface area contributed by atoms with Crippen LogP contribution in [0.25, 0.3) is 0 Å². The van der Waals surface area contributed by atoms with Gasteiger partial charge in [0.25, 0.3) is 0 Å².